The van der Waals surface area contributed by atoms with Crippen LogP contribution in [0.1, 0.15) is 39.5 Å². The van der Waals surface area contributed by atoms with Crippen molar-refractivity contribution in [3.63, 3.8) is 0 Å². The van der Waals surface area contributed by atoms with Crippen molar-refractivity contribution in [2.24, 2.45) is 7.05 Å². The summed E-state index contributed by atoms with van der Waals surface area (Å²) < 4.78 is 7.14. The van der Waals surface area contributed by atoms with Gasteiger partial charge in [0.2, 0.25) is 0 Å². The lowest BCUT2D eigenvalue weighted by molar-refractivity contribution is 0.0935. The van der Waals surface area contributed by atoms with Gasteiger partial charge < -0.3 is 15.4 Å². The zero-order chi connectivity index (χ0) is 20.9. The lowest BCUT2D eigenvalue weighted by atomic mass is 10.1. The second-order valence-corrected chi connectivity index (χ2v) is 7.78. The molecular weight excluding hydrogens is 404 g/mol. The molecule has 0 aromatic carbocycles. The van der Waals surface area contributed by atoms with Crippen LogP contribution in [-0.4, -0.2) is 51.3 Å². The first-order valence-corrected chi connectivity index (χ1v) is 10.6. The van der Waals surface area contributed by atoms with E-state index in [9.17, 15) is 9.59 Å². The van der Waals surface area contributed by atoms with Crippen LogP contribution in [0.4, 0.5) is 5.69 Å². The van der Waals surface area contributed by atoms with E-state index >= 15 is 0 Å². The number of amides is 2. The third-order valence-corrected chi connectivity index (χ3v) is 5.46. The number of hydrogen-bond donors (Lipinski definition) is 2. The molecule has 156 valence electrons. The Morgan fingerprint density at radius 3 is 2.97 bits per heavy atom. The van der Waals surface area contributed by atoms with Crippen LogP contribution in [0.3, 0.4) is 0 Å². The fraction of sp³-hybridized carbons (Fsp3) is 0.350. The maximum atomic E-state index is 12.7. The van der Waals surface area contributed by atoms with Gasteiger partial charge in [-0.2, -0.15) is 5.10 Å². The van der Waals surface area contributed by atoms with Gasteiger partial charge in [0.25, 0.3) is 11.8 Å². The van der Waals surface area contributed by atoms with Crippen molar-refractivity contribution in [2.75, 3.05) is 25.1 Å². The monoisotopic (exact) mass is 426 g/mol. The molecule has 0 saturated carbocycles. The van der Waals surface area contributed by atoms with E-state index in [1.54, 1.807) is 24.8 Å². The molecule has 1 aliphatic rings. The number of nitrogens with zero attached hydrogens (tertiary/aromatic N) is 4. The second kappa shape index (κ2) is 9.14. The van der Waals surface area contributed by atoms with Gasteiger partial charge in [0.15, 0.2) is 5.69 Å². The average molecular weight is 427 g/mol. The highest BCUT2D eigenvalue weighted by Gasteiger charge is 2.20. The molecule has 0 unspecified atom stereocenters. The Morgan fingerprint density at radius 1 is 1.20 bits per heavy atom. The molecular formula is C20H22N6O3S. The summed E-state index contributed by atoms with van der Waals surface area (Å²) in [6, 6.07) is 3.88. The van der Waals surface area contributed by atoms with Crippen molar-refractivity contribution in [3.8, 4) is 10.6 Å². The molecule has 4 bridgehead atoms. The molecule has 0 fully saturated rings. The molecule has 2 amide bonds. The van der Waals surface area contributed by atoms with Crippen molar-refractivity contribution in [1.29, 1.82) is 0 Å². The van der Waals surface area contributed by atoms with Crippen molar-refractivity contribution < 1.29 is 14.3 Å². The van der Waals surface area contributed by atoms with Crippen LogP contribution in [-0.2, 0) is 18.2 Å². The Labute approximate surface area is 177 Å². The molecule has 4 rings (SSSR count). The Balaban J connectivity index is 1.61. The summed E-state index contributed by atoms with van der Waals surface area (Å²) in [5, 5.41) is 12.2. The molecule has 30 heavy (non-hydrogen) atoms. The lowest BCUT2D eigenvalue weighted by Gasteiger charge is -2.07. The molecule has 4 heterocycles. The quantitative estimate of drug-likeness (QED) is 0.571. The summed E-state index contributed by atoms with van der Waals surface area (Å²) in [5.74, 6) is -0.731. The molecule has 3 aromatic heterocycles. The number of aromatic nitrogens is 4. The summed E-state index contributed by atoms with van der Waals surface area (Å²) >= 11 is 1.39. The molecule has 9 nitrogen and oxygen atoms in total. The Morgan fingerprint density at radius 2 is 2.07 bits per heavy atom. The molecule has 2 N–H and O–H groups in total. The number of fused-ring (bicyclic) bond motifs is 6. The van der Waals surface area contributed by atoms with Crippen LogP contribution in [0.25, 0.3) is 10.6 Å². The summed E-state index contributed by atoms with van der Waals surface area (Å²) in [7, 11) is 1.70. The number of thiazole rings is 1. The molecule has 0 radical (unpaired) electrons. The van der Waals surface area contributed by atoms with Gasteiger partial charge in [-0.05, 0) is 31.4 Å². The summed E-state index contributed by atoms with van der Waals surface area (Å²) in [4.78, 5) is 34.1. The van der Waals surface area contributed by atoms with Gasteiger partial charge in [-0.3, -0.25) is 19.3 Å². The zero-order valence-corrected chi connectivity index (χ0v) is 17.4. The van der Waals surface area contributed by atoms with E-state index in [0.717, 1.165) is 29.1 Å². The van der Waals surface area contributed by atoms with Gasteiger partial charge in [-0.1, -0.05) is 0 Å². The van der Waals surface area contributed by atoms with Crippen LogP contribution < -0.4 is 10.6 Å². The molecule has 0 saturated heterocycles. The molecule has 1 aliphatic heterocycles. The highest BCUT2D eigenvalue weighted by Crippen LogP contribution is 2.25. The number of aryl methyl sites for hydroxylation is 2. The lowest BCUT2D eigenvalue weighted by Crippen LogP contribution is -2.27. The van der Waals surface area contributed by atoms with Crippen molar-refractivity contribution in [2.45, 2.75) is 19.3 Å². The number of hydrogen-bond acceptors (Lipinski definition) is 7. The second-order valence-electron chi connectivity index (χ2n) is 6.92. The molecule has 0 aliphatic carbocycles. The van der Waals surface area contributed by atoms with Crippen molar-refractivity contribution in [1.82, 2.24) is 25.1 Å². The minimum absolute atomic E-state index is 0.166. The molecule has 10 heteroatoms. The van der Waals surface area contributed by atoms with Gasteiger partial charge in [-0.15, -0.1) is 11.3 Å². The number of rotatable bonds is 0. The Kier molecular flexibility index (Phi) is 6.15. The number of pyridine rings is 1. The highest BCUT2D eigenvalue weighted by molar-refractivity contribution is 7.13. The van der Waals surface area contributed by atoms with Crippen LogP contribution in [0.2, 0.25) is 0 Å². The summed E-state index contributed by atoms with van der Waals surface area (Å²) in [6.45, 7) is 1.65. The van der Waals surface area contributed by atoms with E-state index in [4.69, 9.17) is 4.74 Å². The first kappa shape index (κ1) is 20.2. The number of carbonyl (C=O) groups is 2. The Bertz CT molecular complexity index is 1060. The van der Waals surface area contributed by atoms with Crippen LogP contribution >= 0.6 is 11.3 Å². The van der Waals surface area contributed by atoms with E-state index in [2.05, 4.69) is 25.7 Å². The number of ether oxygens (including phenoxy) is 1. The van der Waals surface area contributed by atoms with Gasteiger partial charge in [0.1, 0.15) is 10.7 Å². The normalized spacial score (nSPS) is 15.9. The topological polar surface area (TPSA) is 111 Å². The predicted octanol–water partition coefficient (Wildman–Crippen LogP) is 2.27. The smallest absolute Gasteiger partial charge is 0.275 e. The van der Waals surface area contributed by atoms with Crippen molar-refractivity contribution in [3.05, 3.63) is 47.0 Å². The average Bonchev–Trinajstić information content (AvgIpc) is 3.36. The van der Waals surface area contributed by atoms with E-state index < -0.39 is 0 Å². The van der Waals surface area contributed by atoms with Gasteiger partial charge in [0.05, 0.1) is 5.69 Å². The van der Waals surface area contributed by atoms with E-state index in [0.29, 0.717) is 31.9 Å². The van der Waals surface area contributed by atoms with Crippen molar-refractivity contribution >= 4 is 28.8 Å². The number of anilines is 1. The summed E-state index contributed by atoms with van der Waals surface area (Å²) in [5.41, 5.74) is 2.68. The zero-order valence-electron chi connectivity index (χ0n) is 16.6. The van der Waals surface area contributed by atoms with Gasteiger partial charge >= 0.3 is 0 Å². The van der Waals surface area contributed by atoms with Gasteiger partial charge in [0, 0.05) is 55.8 Å². The molecule has 0 atom stereocenters. The minimum atomic E-state index is -0.389. The standard InChI is InChI=1S/C20H22N6O3S/c1-26-11-15-17(25-26)19(28)22-6-3-9-29-8-2-4-14-10-13(5-7-21-14)20-24-16(12-30-20)18(27)23-15/h5,7,10-12H,2-4,6,8-9H2,1H3,(H,22,28)(H,23,27). The van der Waals surface area contributed by atoms with E-state index in [1.807, 2.05) is 12.1 Å². The van der Waals surface area contributed by atoms with Crippen LogP contribution in [0.5, 0.6) is 0 Å². The van der Waals surface area contributed by atoms with E-state index in [-0.39, 0.29) is 23.2 Å². The third kappa shape index (κ3) is 4.71. The van der Waals surface area contributed by atoms with Crippen LogP contribution in [0.15, 0.2) is 29.9 Å². The first-order valence-electron chi connectivity index (χ1n) is 9.72. The molecule has 3 aromatic rings. The van der Waals surface area contributed by atoms with Crippen LogP contribution in [0, 0.1) is 0 Å². The largest absolute Gasteiger partial charge is 0.381 e. The van der Waals surface area contributed by atoms with E-state index in [1.165, 1.54) is 16.0 Å². The first-order chi connectivity index (χ1) is 14.6. The SMILES string of the molecule is Cn1cc2c(n1)C(=O)NCCCOCCCc1cc(ccn1)-c1nc(cs1)C(=O)N2. The fourth-order valence-corrected chi connectivity index (χ4v) is 3.91. The predicted molar refractivity (Wildman–Crippen MR) is 113 cm³/mol. The maximum absolute atomic E-state index is 12.7. The highest BCUT2D eigenvalue weighted by atomic mass is 32.1. The number of nitrogens with one attached hydrogen (secondary N) is 2. The molecule has 0 spiro atoms. The number of carbonyl (C=O) groups excluding carboxylic acids is 2. The summed E-state index contributed by atoms with van der Waals surface area (Å²) in [6.07, 6.45) is 5.70. The fourth-order valence-electron chi connectivity index (χ4n) is 3.11. The Hall–Kier alpha value is -3.11. The van der Waals surface area contributed by atoms with Gasteiger partial charge in [-0.25, -0.2) is 4.98 Å². The third-order valence-electron chi connectivity index (χ3n) is 4.57. The maximum Gasteiger partial charge on any atom is 0.275 e. The minimum Gasteiger partial charge on any atom is -0.381 e.